The number of nitrogens with zero attached hydrogens (tertiary/aromatic N) is 2. The summed E-state index contributed by atoms with van der Waals surface area (Å²) >= 11 is 0. The Morgan fingerprint density at radius 3 is 2.39 bits per heavy atom. The van der Waals surface area contributed by atoms with E-state index in [1.165, 1.54) is 29.2 Å². The molecule has 8 nitrogen and oxygen atoms in total. The second-order valence-electron chi connectivity index (χ2n) is 9.30. The maximum absolute atomic E-state index is 13.6. The lowest BCUT2D eigenvalue weighted by molar-refractivity contribution is -0.274. The van der Waals surface area contributed by atoms with Crippen LogP contribution in [0.2, 0.25) is 0 Å². The van der Waals surface area contributed by atoms with Gasteiger partial charge in [-0.25, -0.2) is 4.79 Å². The average Bonchev–Trinajstić information content (AvgIpc) is 3.19. The maximum Gasteiger partial charge on any atom is 0.573 e. The Hall–Kier alpha value is -5.32. The number of hydrazone groups is 1. The molecule has 1 heterocycles. The summed E-state index contributed by atoms with van der Waals surface area (Å²) in [5.74, 6) is -2.47. The summed E-state index contributed by atoms with van der Waals surface area (Å²) in [5.41, 5.74) is 6.16. The van der Waals surface area contributed by atoms with Gasteiger partial charge < -0.3 is 14.9 Å². The first-order chi connectivity index (χ1) is 19.4. The van der Waals surface area contributed by atoms with E-state index in [1.54, 1.807) is 42.5 Å². The number of ether oxygens (including phenoxy) is 1. The molecule has 0 aromatic heterocycles. The summed E-state index contributed by atoms with van der Waals surface area (Å²) in [5, 5.41) is 24.5. The summed E-state index contributed by atoms with van der Waals surface area (Å²) in [6.07, 6.45) is -4.92. The van der Waals surface area contributed by atoms with Gasteiger partial charge in [-0.05, 0) is 73.0 Å². The van der Waals surface area contributed by atoms with E-state index in [2.05, 4.69) is 15.3 Å². The standard InChI is InChI=1S/C30H22F3N3O5/c1-16-9-10-20(13-17(16)2)36-25-15-21(41-30(31,32)33)11-12-23(25)26(28(36)38)35-34-24-8-4-7-22(27(24)37)18-5-3-6-19(14-18)29(39)40/h3-15,34,37H,1-2H3,(H,39,40). The molecule has 208 valence electrons. The number of halogens is 3. The first-order valence-corrected chi connectivity index (χ1v) is 12.2. The number of carboxylic acid groups (broad SMARTS) is 1. The zero-order chi connectivity index (χ0) is 29.5. The molecule has 5 rings (SSSR count). The number of phenols is 1. The van der Waals surface area contributed by atoms with Crippen molar-refractivity contribution >= 4 is 34.7 Å². The zero-order valence-corrected chi connectivity index (χ0v) is 21.7. The van der Waals surface area contributed by atoms with Crippen molar-refractivity contribution in [2.45, 2.75) is 20.2 Å². The number of carbonyl (C=O) groups excluding carboxylic acids is 1. The van der Waals surface area contributed by atoms with Gasteiger partial charge in [0.2, 0.25) is 0 Å². The molecule has 1 aliphatic heterocycles. The second kappa shape index (κ2) is 10.3. The number of aromatic hydroxyl groups is 1. The molecule has 0 saturated heterocycles. The monoisotopic (exact) mass is 561 g/mol. The molecule has 0 bridgehead atoms. The number of carboxylic acids is 1. The van der Waals surface area contributed by atoms with E-state index in [0.29, 0.717) is 16.8 Å². The molecular formula is C30H22F3N3O5. The normalized spacial score (nSPS) is 13.8. The summed E-state index contributed by atoms with van der Waals surface area (Å²) in [6.45, 7) is 3.74. The van der Waals surface area contributed by atoms with Crippen LogP contribution in [0.1, 0.15) is 27.0 Å². The molecule has 0 spiro atoms. The fourth-order valence-corrected chi connectivity index (χ4v) is 4.46. The van der Waals surface area contributed by atoms with Gasteiger partial charge >= 0.3 is 12.3 Å². The number of fused-ring (bicyclic) bond motifs is 1. The first kappa shape index (κ1) is 27.3. The number of rotatable bonds is 6. The van der Waals surface area contributed by atoms with Gasteiger partial charge in [-0.15, -0.1) is 13.2 Å². The number of phenolic OH excluding ortho intramolecular Hbond substituents is 1. The highest BCUT2D eigenvalue weighted by molar-refractivity contribution is 6.55. The van der Waals surface area contributed by atoms with Crippen LogP contribution in [0.5, 0.6) is 11.5 Å². The quantitative estimate of drug-likeness (QED) is 0.177. The largest absolute Gasteiger partial charge is 0.573 e. The van der Waals surface area contributed by atoms with Crippen LogP contribution >= 0.6 is 0 Å². The number of hydrogen-bond acceptors (Lipinski definition) is 6. The highest BCUT2D eigenvalue weighted by atomic mass is 19.4. The van der Waals surface area contributed by atoms with Crippen molar-refractivity contribution in [1.29, 1.82) is 0 Å². The molecule has 4 aromatic rings. The molecule has 0 aliphatic carbocycles. The molecule has 4 aromatic carbocycles. The van der Waals surface area contributed by atoms with Gasteiger partial charge in [-0.3, -0.25) is 15.1 Å². The Labute approximate surface area is 231 Å². The smallest absolute Gasteiger partial charge is 0.505 e. The predicted octanol–water partition coefficient (Wildman–Crippen LogP) is 6.77. The molecule has 41 heavy (non-hydrogen) atoms. The van der Waals surface area contributed by atoms with Crippen LogP contribution in [-0.2, 0) is 4.79 Å². The maximum atomic E-state index is 13.6. The molecule has 0 atom stereocenters. The number of nitrogens with one attached hydrogen (secondary N) is 1. The SMILES string of the molecule is Cc1ccc(N2C(=O)C(=NNc3cccc(-c4cccc(C(=O)O)c4)c3O)c3ccc(OC(F)(F)F)cc32)cc1C. The van der Waals surface area contributed by atoms with Gasteiger partial charge in [-0.2, -0.15) is 5.10 Å². The van der Waals surface area contributed by atoms with Gasteiger partial charge in [0.25, 0.3) is 5.91 Å². The Kier molecular flexibility index (Phi) is 6.87. The lowest BCUT2D eigenvalue weighted by atomic mass is 10.0. The number of hydrogen-bond donors (Lipinski definition) is 3. The number of alkyl halides is 3. The van der Waals surface area contributed by atoms with Gasteiger partial charge in [-0.1, -0.05) is 30.3 Å². The van der Waals surface area contributed by atoms with Crippen molar-refractivity contribution in [3.63, 3.8) is 0 Å². The molecular weight excluding hydrogens is 539 g/mol. The average molecular weight is 562 g/mol. The second-order valence-corrected chi connectivity index (χ2v) is 9.30. The minimum absolute atomic E-state index is 0.0361. The fraction of sp³-hybridized carbons (Fsp3) is 0.100. The number of amides is 1. The van der Waals surface area contributed by atoms with Crippen LogP contribution in [0, 0.1) is 13.8 Å². The Morgan fingerprint density at radius 2 is 1.68 bits per heavy atom. The number of carbonyl (C=O) groups is 2. The minimum Gasteiger partial charge on any atom is -0.505 e. The van der Waals surface area contributed by atoms with Crippen LogP contribution in [0.25, 0.3) is 11.1 Å². The van der Waals surface area contributed by atoms with E-state index in [0.717, 1.165) is 23.3 Å². The summed E-state index contributed by atoms with van der Waals surface area (Å²) < 4.78 is 42.9. The van der Waals surface area contributed by atoms with Crippen molar-refractivity contribution in [2.75, 3.05) is 10.3 Å². The molecule has 0 fully saturated rings. The lowest BCUT2D eigenvalue weighted by Gasteiger charge is -2.19. The van der Waals surface area contributed by atoms with Crippen molar-refractivity contribution in [3.05, 3.63) is 101 Å². The topological polar surface area (TPSA) is 111 Å². The highest BCUT2D eigenvalue weighted by Gasteiger charge is 2.37. The third-order valence-corrected chi connectivity index (χ3v) is 6.60. The molecule has 0 radical (unpaired) electrons. The van der Waals surface area contributed by atoms with Crippen molar-refractivity contribution < 1.29 is 37.7 Å². The van der Waals surface area contributed by atoms with Gasteiger partial charge in [0, 0.05) is 22.9 Å². The Balaban J connectivity index is 1.55. The van der Waals surface area contributed by atoms with Crippen molar-refractivity contribution in [1.82, 2.24) is 0 Å². The summed E-state index contributed by atoms with van der Waals surface area (Å²) in [4.78, 5) is 26.3. The number of anilines is 3. The predicted molar refractivity (Wildman–Crippen MR) is 147 cm³/mol. The van der Waals surface area contributed by atoms with Crippen LogP contribution < -0.4 is 15.1 Å². The number of aromatic carboxylic acids is 1. The van der Waals surface area contributed by atoms with E-state index >= 15 is 0 Å². The molecule has 1 aliphatic rings. The van der Waals surface area contributed by atoms with Crippen LogP contribution in [0.3, 0.4) is 0 Å². The summed E-state index contributed by atoms with van der Waals surface area (Å²) in [7, 11) is 0. The zero-order valence-electron chi connectivity index (χ0n) is 21.7. The van der Waals surface area contributed by atoms with Crippen LogP contribution in [0.15, 0.2) is 84.0 Å². The number of benzene rings is 4. The van der Waals surface area contributed by atoms with Crippen molar-refractivity contribution in [2.24, 2.45) is 5.10 Å². The fourth-order valence-electron chi connectivity index (χ4n) is 4.46. The van der Waals surface area contributed by atoms with E-state index in [1.807, 2.05) is 13.8 Å². The third kappa shape index (κ3) is 5.42. The lowest BCUT2D eigenvalue weighted by Crippen LogP contribution is -2.26. The van der Waals surface area contributed by atoms with E-state index in [4.69, 9.17) is 0 Å². The van der Waals surface area contributed by atoms with E-state index in [9.17, 15) is 33.0 Å². The van der Waals surface area contributed by atoms with Gasteiger partial charge in [0.15, 0.2) is 5.71 Å². The van der Waals surface area contributed by atoms with E-state index < -0.39 is 24.0 Å². The molecule has 1 amide bonds. The molecule has 0 saturated carbocycles. The van der Waals surface area contributed by atoms with Crippen LogP contribution in [-0.4, -0.2) is 34.2 Å². The number of para-hydroxylation sites is 1. The van der Waals surface area contributed by atoms with Crippen LogP contribution in [0.4, 0.5) is 30.2 Å². The van der Waals surface area contributed by atoms with Gasteiger partial charge in [0.1, 0.15) is 11.5 Å². The third-order valence-electron chi connectivity index (χ3n) is 6.60. The molecule has 3 N–H and O–H groups in total. The first-order valence-electron chi connectivity index (χ1n) is 12.2. The summed E-state index contributed by atoms with van der Waals surface area (Å²) in [6, 6.07) is 19.5. The number of aryl methyl sites for hydroxylation is 2. The molecule has 0 unspecified atom stereocenters. The van der Waals surface area contributed by atoms with E-state index in [-0.39, 0.29) is 34.0 Å². The van der Waals surface area contributed by atoms with Crippen molar-refractivity contribution in [3.8, 4) is 22.6 Å². The molecule has 11 heteroatoms. The Bertz CT molecular complexity index is 1730. The minimum atomic E-state index is -4.92. The Morgan fingerprint density at radius 1 is 0.927 bits per heavy atom. The highest BCUT2D eigenvalue weighted by Crippen LogP contribution is 2.40. The van der Waals surface area contributed by atoms with Gasteiger partial charge in [0.05, 0.1) is 16.9 Å².